The van der Waals surface area contributed by atoms with Crippen molar-refractivity contribution in [3.05, 3.63) is 29.6 Å². The molecule has 0 unspecified atom stereocenters. The van der Waals surface area contributed by atoms with Crippen LogP contribution in [0.15, 0.2) is 18.2 Å². The number of nitrogens with one attached hydrogen (secondary N) is 1. The Bertz CT molecular complexity index is 699. The SMILES string of the molecule is CC(C)(C)OC(=O)Nc1ccc2nc(CBr)c(CBr)nc2c1. The zero-order valence-corrected chi connectivity index (χ0v) is 15.8. The van der Waals surface area contributed by atoms with Crippen molar-refractivity contribution in [2.24, 2.45) is 0 Å². The smallest absolute Gasteiger partial charge is 0.412 e. The Morgan fingerprint density at radius 3 is 2.27 bits per heavy atom. The van der Waals surface area contributed by atoms with Gasteiger partial charge in [-0.25, -0.2) is 14.8 Å². The number of halogens is 2. The van der Waals surface area contributed by atoms with Gasteiger partial charge in [-0.2, -0.15) is 0 Å². The van der Waals surface area contributed by atoms with E-state index in [9.17, 15) is 4.79 Å². The molecule has 1 N–H and O–H groups in total. The number of carbonyl (C=O) groups is 1. The van der Waals surface area contributed by atoms with Crippen LogP contribution in [0, 0.1) is 0 Å². The summed E-state index contributed by atoms with van der Waals surface area (Å²) in [7, 11) is 0. The van der Waals surface area contributed by atoms with Gasteiger partial charge in [0.25, 0.3) is 0 Å². The van der Waals surface area contributed by atoms with Crippen LogP contribution >= 0.6 is 31.9 Å². The summed E-state index contributed by atoms with van der Waals surface area (Å²) in [5.41, 5.74) is 3.38. The summed E-state index contributed by atoms with van der Waals surface area (Å²) in [6.45, 7) is 5.47. The average Bonchev–Trinajstić information content (AvgIpc) is 2.43. The highest BCUT2D eigenvalue weighted by atomic mass is 79.9. The number of nitrogens with zero attached hydrogens (tertiary/aromatic N) is 2. The number of benzene rings is 1. The first-order chi connectivity index (χ1) is 10.3. The number of aromatic nitrogens is 2. The number of alkyl halides is 2. The Balaban J connectivity index is 2.28. The fourth-order valence-electron chi connectivity index (χ4n) is 1.84. The third-order valence-electron chi connectivity index (χ3n) is 2.72. The van der Waals surface area contributed by atoms with E-state index < -0.39 is 11.7 Å². The molecule has 0 radical (unpaired) electrons. The van der Waals surface area contributed by atoms with Crippen LogP contribution in [0.1, 0.15) is 32.2 Å². The van der Waals surface area contributed by atoms with E-state index in [0.717, 1.165) is 22.4 Å². The molecule has 1 amide bonds. The standard InChI is InChI=1S/C15H17Br2N3O2/c1-15(2,3)22-14(21)18-9-4-5-10-11(6-9)20-13(8-17)12(7-16)19-10/h4-6H,7-8H2,1-3H3,(H,18,21). The van der Waals surface area contributed by atoms with Gasteiger partial charge in [0.15, 0.2) is 0 Å². The van der Waals surface area contributed by atoms with Crippen LogP contribution < -0.4 is 5.32 Å². The molecule has 5 nitrogen and oxygen atoms in total. The molecule has 0 spiro atoms. The molecule has 1 aromatic heterocycles. The third kappa shape index (κ3) is 4.39. The predicted octanol–water partition coefficient (Wildman–Crippen LogP) is 4.77. The fourth-order valence-corrected chi connectivity index (χ4v) is 2.74. The minimum absolute atomic E-state index is 0.488. The van der Waals surface area contributed by atoms with Crippen LogP contribution in [0.2, 0.25) is 0 Å². The second kappa shape index (κ2) is 6.91. The van der Waals surface area contributed by atoms with E-state index in [2.05, 4.69) is 47.1 Å². The predicted molar refractivity (Wildman–Crippen MR) is 94.7 cm³/mol. The molecule has 0 aliphatic rings. The summed E-state index contributed by atoms with van der Waals surface area (Å²) in [4.78, 5) is 20.9. The molecular formula is C15H17Br2N3O2. The van der Waals surface area contributed by atoms with Crippen molar-refractivity contribution in [2.75, 3.05) is 5.32 Å². The van der Waals surface area contributed by atoms with Gasteiger partial charge in [-0.15, -0.1) is 0 Å². The van der Waals surface area contributed by atoms with Crippen molar-refractivity contribution in [1.82, 2.24) is 9.97 Å². The molecule has 0 saturated carbocycles. The minimum Gasteiger partial charge on any atom is -0.444 e. The Labute approximate surface area is 146 Å². The summed E-state index contributed by atoms with van der Waals surface area (Å²) in [5, 5.41) is 3.98. The Kier molecular flexibility index (Phi) is 5.39. The maximum atomic E-state index is 11.8. The van der Waals surface area contributed by atoms with E-state index in [4.69, 9.17) is 4.74 Å². The van der Waals surface area contributed by atoms with Crippen LogP contribution in [-0.4, -0.2) is 21.7 Å². The molecule has 7 heteroatoms. The highest BCUT2D eigenvalue weighted by Gasteiger charge is 2.16. The third-order valence-corrected chi connectivity index (χ3v) is 3.78. The molecule has 0 saturated heterocycles. The van der Waals surface area contributed by atoms with E-state index in [1.807, 2.05) is 26.8 Å². The highest BCUT2D eigenvalue weighted by molar-refractivity contribution is 9.09. The number of hydrogen-bond donors (Lipinski definition) is 1. The minimum atomic E-state index is -0.533. The molecule has 1 aromatic carbocycles. The molecule has 1 heterocycles. The van der Waals surface area contributed by atoms with Gasteiger partial charge in [0.2, 0.25) is 0 Å². The summed E-state index contributed by atoms with van der Waals surface area (Å²) in [6, 6.07) is 5.41. The van der Waals surface area contributed by atoms with Crippen LogP contribution in [0.5, 0.6) is 0 Å². The summed E-state index contributed by atoms with van der Waals surface area (Å²) in [6.07, 6.45) is -0.488. The first-order valence-electron chi connectivity index (χ1n) is 6.74. The zero-order valence-electron chi connectivity index (χ0n) is 12.6. The number of ether oxygens (including phenoxy) is 1. The van der Waals surface area contributed by atoms with Crippen LogP contribution in [0.3, 0.4) is 0 Å². The van der Waals surface area contributed by atoms with Gasteiger partial charge in [-0.05, 0) is 39.0 Å². The Morgan fingerprint density at radius 2 is 1.73 bits per heavy atom. The van der Waals surface area contributed by atoms with Gasteiger partial charge < -0.3 is 4.74 Å². The molecule has 2 rings (SSSR count). The van der Waals surface area contributed by atoms with E-state index >= 15 is 0 Å². The lowest BCUT2D eigenvalue weighted by atomic mass is 10.2. The van der Waals surface area contributed by atoms with E-state index in [0.29, 0.717) is 16.3 Å². The lowest BCUT2D eigenvalue weighted by Gasteiger charge is -2.19. The monoisotopic (exact) mass is 429 g/mol. The fraction of sp³-hybridized carbons (Fsp3) is 0.400. The first-order valence-corrected chi connectivity index (χ1v) is 8.98. The molecule has 0 aliphatic heterocycles. The first kappa shape index (κ1) is 17.1. The van der Waals surface area contributed by atoms with Gasteiger partial charge in [0.05, 0.1) is 22.4 Å². The van der Waals surface area contributed by atoms with E-state index in [1.165, 1.54) is 0 Å². The van der Waals surface area contributed by atoms with Crippen LogP contribution in [-0.2, 0) is 15.4 Å². The zero-order chi connectivity index (χ0) is 16.3. The number of hydrogen-bond acceptors (Lipinski definition) is 4. The van der Waals surface area contributed by atoms with Gasteiger partial charge in [-0.1, -0.05) is 31.9 Å². The van der Waals surface area contributed by atoms with Crippen molar-refractivity contribution < 1.29 is 9.53 Å². The summed E-state index contributed by atoms with van der Waals surface area (Å²) >= 11 is 6.83. The van der Waals surface area contributed by atoms with Gasteiger partial charge in [0.1, 0.15) is 5.60 Å². The van der Waals surface area contributed by atoms with Crippen molar-refractivity contribution in [3.8, 4) is 0 Å². The second-order valence-corrected chi connectivity index (χ2v) is 6.84. The summed E-state index contributed by atoms with van der Waals surface area (Å²) < 4.78 is 5.24. The second-order valence-electron chi connectivity index (χ2n) is 5.71. The molecule has 2 aromatic rings. The van der Waals surface area contributed by atoms with E-state index in [-0.39, 0.29) is 0 Å². The molecule has 0 fully saturated rings. The Hall–Kier alpha value is -1.21. The maximum absolute atomic E-state index is 11.8. The van der Waals surface area contributed by atoms with Crippen molar-refractivity contribution in [3.63, 3.8) is 0 Å². The normalized spacial score (nSPS) is 11.5. The summed E-state index contributed by atoms with van der Waals surface area (Å²) in [5.74, 6) is 0. The number of amides is 1. The Morgan fingerprint density at radius 1 is 1.14 bits per heavy atom. The number of fused-ring (bicyclic) bond motifs is 1. The average molecular weight is 431 g/mol. The van der Waals surface area contributed by atoms with Crippen LogP contribution in [0.25, 0.3) is 11.0 Å². The van der Waals surface area contributed by atoms with Gasteiger partial charge >= 0.3 is 6.09 Å². The number of rotatable bonds is 3. The molecule has 0 atom stereocenters. The quantitative estimate of drug-likeness (QED) is 0.712. The van der Waals surface area contributed by atoms with Crippen molar-refractivity contribution in [1.29, 1.82) is 0 Å². The van der Waals surface area contributed by atoms with Gasteiger partial charge in [0, 0.05) is 16.3 Å². The molecule has 118 valence electrons. The maximum Gasteiger partial charge on any atom is 0.412 e. The van der Waals surface area contributed by atoms with Crippen LogP contribution in [0.4, 0.5) is 10.5 Å². The molecule has 0 aliphatic carbocycles. The molecule has 22 heavy (non-hydrogen) atoms. The topological polar surface area (TPSA) is 64.1 Å². The lowest BCUT2D eigenvalue weighted by molar-refractivity contribution is 0.0636. The van der Waals surface area contributed by atoms with Gasteiger partial charge in [-0.3, -0.25) is 5.32 Å². The van der Waals surface area contributed by atoms with Crippen molar-refractivity contribution >= 4 is 54.7 Å². The number of carbonyl (C=O) groups excluding carboxylic acids is 1. The largest absolute Gasteiger partial charge is 0.444 e. The van der Waals surface area contributed by atoms with Crippen molar-refractivity contribution in [2.45, 2.75) is 37.0 Å². The molecular weight excluding hydrogens is 414 g/mol. The number of anilines is 1. The van der Waals surface area contributed by atoms with E-state index in [1.54, 1.807) is 12.1 Å². The molecule has 0 bridgehead atoms. The highest BCUT2D eigenvalue weighted by Crippen LogP contribution is 2.21. The lowest BCUT2D eigenvalue weighted by Crippen LogP contribution is -2.27.